The van der Waals surface area contributed by atoms with E-state index < -0.39 is 0 Å². The van der Waals surface area contributed by atoms with Gasteiger partial charge in [-0.1, -0.05) is 30.7 Å². The lowest BCUT2D eigenvalue weighted by atomic mass is 10.1. The second-order valence-corrected chi connectivity index (χ2v) is 4.59. The van der Waals surface area contributed by atoms with E-state index in [2.05, 4.69) is 5.32 Å². The summed E-state index contributed by atoms with van der Waals surface area (Å²) < 4.78 is 5.03. The molecule has 0 aliphatic carbocycles. The molecule has 4 heteroatoms. The van der Waals surface area contributed by atoms with Gasteiger partial charge in [-0.25, -0.2) is 0 Å². The Balaban J connectivity index is 2.64. The van der Waals surface area contributed by atoms with Crippen molar-refractivity contribution in [3.63, 3.8) is 0 Å². The van der Waals surface area contributed by atoms with E-state index >= 15 is 0 Å². The molecule has 1 aromatic carbocycles. The summed E-state index contributed by atoms with van der Waals surface area (Å²) in [5.74, 6) is -0.194. The molecule has 0 spiro atoms. The first kappa shape index (κ1) is 15.0. The van der Waals surface area contributed by atoms with Crippen LogP contribution in [0.15, 0.2) is 24.3 Å². The van der Waals surface area contributed by atoms with Gasteiger partial charge in [-0.15, -0.1) is 0 Å². The van der Waals surface area contributed by atoms with Crippen LogP contribution in [0.25, 0.3) is 0 Å². The van der Waals surface area contributed by atoms with E-state index in [9.17, 15) is 4.79 Å². The third-order valence-corrected chi connectivity index (χ3v) is 3.05. The highest BCUT2D eigenvalue weighted by molar-refractivity contribution is 6.30. The number of carbonyl (C=O) groups excluding carboxylic acids is 1. The Hall–Kier alpha value is -1.06. The van der Waals surface area contributed by atoms with Crippen LogP contribution in [0.2, 0.25) is 5.02 Å². The van der Waals surface area contributed by atoms with E-state index in [0.717, 1.165) is 5.56 Å². The molecule has 100 valence electrons. The van der Waals surface area contributed by atoms with Gasteiger partial charge in [-0.3, -0.25) is 10.1 Å². The molecule has 0 saturated carbocycles. The van der Waals surface area contributed by atoms with Crippen molar-refractivity contribution in [2.75, 3.05) is 6.61 Å². The van der Waals surface area contributed by atoms with Crippen LogP contribution in [0.3, 0.4) is 0 Å². The molecule has 0 radical (unpaired) electrons. The second kappa shape index (κ2) is 7.39. The van der Waals surface area contributed by atoms with Gasteiger partial charge in [0.05, 0.1) is 6.61 Å². The summed E-state index contributed by atoms with van der Waals surface area (Å²) in [5.41, 5.74) is 1.10. The number of hydrogen-bond acceptors (Lipinski definition) is 3. The number of ether oxygens (including phenoxy) is 1. The quantitative estimate of drug-likeness (QED) is 0.805. The lowest BCUT2D eigenvalue weighted by Gasteiger charge is -2.21. The Morgan fingerprint density at radius 1 is 1.33 bits per heavy atom. The molecule has 1 N–H and O–H groups in total. The van der Waals surface area contributed by atoms with Crippen molar-refractivity contribution in [2.45, 2.75) is 39.3 Å². The number of esters is 1. The van der Waals surface area contributed by atoms with Crippen LogP contribution in [0, 0.1) is 0 Å². The van der Waals surface area contributed by atoms with Gasteiger partial charge in [0.1, 0.15) is 6.04 Å². The first-order valence-electron chi connectivity index (χ1n) is 6.26. The van der Waals surface area contributed by atoms with E-state index in [1.54, 1.807) is 0 Å². The van der Waals surface area contributed by atoms with Crippen molar-refractivity contribution in [3.05, 3.63) is 34.9 Å². The minimum absolute atomic E-state index is 0.0802. The summed E-state index contributed by atoms with van der Waals surface area (Å²) in [4.78, 5) is 11.7. The number of rotatable bonds is 6. The molecule has 18 heavy (non-hydrogen) atoms. The zero-order chi connectivity index (χ0) is 13.5. The standard InChI is InChI=1S/C14H20ClNO2/c1-4-13(14(17)18-5-2)16-10(3)11-6-8-12(15)9-7-11/h6-10,13,16H,4-5H2,1-3H3. The Labute approximate surface area is 113 Å². The molecule has 0 fully saturated rings. The van der Waals surface area contributed by atoms with Crippen molar-refractivity contribution in [1.29, 1.82) is 0 Å². The van der Waals surface area contributed by atoms with Crippen LogP contribution in [-0.2, 0) is 9.53 Å². The number of nitrogens with one attached hydrogen (secondary N) is 1. The van der Waals surface area contributed by atoms with Crippen molar-refractivity contribution < 1.29 is 9.53 Å². The van der Waals surface area contributed by atoms with Crippen LogP contribution in [-0.4, -0.2) is 18.6 Å². The molecule has 0 amide bonds. The maximum atomic E-state index is 11.7. The van der Waals surface area contributed by atoms with E-state index in [4.69, 9.17) is 16.3 Å². The molecule has 2 unspecified atom stereocenters. The highest BCUT2D eigenvalue weighted by atomic mass is 35.5. The molecule has 2 atom stereocenters. The summed E-state index contributed by atoms with van der Waals surface area (Å²) in [6, 6.07) is 7.42. The predicted molar refractivity (Wildman–Crippen MR) is 73.7 cm³/mol. The maximum Gasteiger partial charge on any atom is 0.323 e. The van der Waals surface area contributed by atoms with Crippen LogP contribution >= 0.6 is 11.6 Å². The molecule has 0 bridgehead atoms. The molecule has 3 nitrogen and oxygen atoms in total. The number of hydrogen-bond donors (Lipinski definition) is 1. The molecule has 1 rings (SSSR count). The topological polar surface area (TPSA) is 38.3 Å². The van der Waals surface area contributed by atoms with Gasteiger partial charge in [-0.2, -0.15) is 0 Å². The van der Waals surface area contributed by atoms with Gasteiger partial charge in [-0.05, 0) is 38.0 Å². The highest BCUT2D eigenvalue weighted by Gasteiger charge is 2.20. The largest absolute Gasteiger partial charge is 0.465 e. The Morgan fingerprint density at radius 2 is 1.94 bits per heavy atom. The molecule has 0 heterocycles. The number of halogens is 1. The van der Waals surface area contributed by atoms with Gasteiger partial charge in [0.25, 0.3) is 0 Å². The minimum Gasteiger partial charge on any atom is -0.465 e. The molecule has 0 saturated heterocycles. The molecule has 0 aliphatic rings. The second-order valence-electron chi connectivity index (χ2n) is 4.15. The van der Waals surface area contributed by atoms with Gasteiger partial charge < -0.3 is 4.74 Å². The predicted octanol–water partition coefficient (Wildman–Crippen LogP) is 3.33. The normalized spacial score (nSPS) is 14.0. The van der Waals surface area contributed by atoms with E-state index in [1.807, 2.05) is 45.0 Å². The fourth-order valence-electron chi connectivity index (χ4n) is 1.74. The summed E-state index contributed by atoms with van der Waals surface area (Å²) in [6.07, 6.45) is 0.705. The van der Waals surface area contributed by atoms with Gasteiger partial charge >= 0.3 is 5.97 Å². The SMILES string of the molecule is CCOC(=O)C(CC)NC(C)c1ccc(Cl)cc1. The average Bonchev–Trinajstić information content (AvgIpc) is 2.36. The van der Waals surface area contributed by atoms with Crippen LogP contribution in [0.4, 0.5) is 0 Å². The van der Waals surface area contributed by atoms with Crippen LogP contribution in [0.1, 0.15) is 38.8 Å². The minimum atomic E-state index is -0.268. The van der Waals surface area contributed by atoms with Gasteiger partial charge in [0.15, 0.2) is 0 Å². The third-order valence-electron chi connectivity index (χ3n) is 2.80. The monoisotopic (exact) mass is 269 g/mol. The molecular weight excluding hydrogens is 250 g/mol. The van der Waals surface area contributed by atoms with Crippen molar-refractivity contribution in [2.24, 2.45) is 0 Å². The third kappa shape index (κ3) is 4.31. The van der Waals surface area contributed by atoms with Crippen LogP contribution in [0.5, 0.6) is 0 Å². The summed E-state index contributed by atoms with van der Waals surface area (Å²) in [5, 5.41) is 3.98. The van der Waals surface area contributed by atoms with E-state index in [-0.39, 0.29) is 18.1 Å². The number of benzene rings is 1. The number of carbonyl (C=O) groups is 1. The lowest BCUT2D eigenvalue weighted by molar-refractivity contribution is -0.145. The Morgan fingerprint density at radius 3 is 2.44 bits per heavy atom. The summed E-state index contributed by atoms with van der Waals surface area (Å²) >= 11 is 5.85. The molecular formula is C14H20ClNO2. The fourth-order valence-corrected chi connectivity index (χ4v) is 1.87. The van der Waals surface area contributed by atoms with Crippen LogP contribution < -0.4 is 5.32 Å². The Kier molecular flexibility index (Phi) is 6.16. The summed E-state index contributed by atoms with van der Waals surface area (Å²) in [6.45, 7) is 6.20. The lowest BCUT2D eigenvalue weighted by Crippen LogP contribution is -2.39. The maximum absolute atomic E-state index is 11.7. The van der Waals surface area contributed by atoms with E-state index in [1.165, 1.54) is 0 Å². The zero-order valence-corrected chi connectivity index (χ0v) is 11.8. The average molecular weight is 270 g/mol. The Bertz CT molecular complexity index is 378. The van der Waals surface area contributed by atoms with Gasteiger partial charge in [0.2, 0.25) is 0 Å². The molecule has 1 aromatic rings. The van der Waals surface area contributed by atoms with Gasteiger partial charge in [0, 0.05) is 11.1 Å². The van der Waals surface area contributed by atoms with E-state index in [0.29, 0.717) is 18.1 Å². The molecule has 0 aromatic heterocycles. The first-order chi connectivity index (χ1) is 8.58. The van der Waals surface area contributed by atoms with Crippen molar-refractivity contribution in [1.82, 2.24) is 5.32 Å². The first-order valence-corrected chi connectivity index (χ1v) is 6.64. The molecule has 0 aliphatic heterocycles. The van der Waals surface area contributed by atoms with Crippen molar-refractivity contribution in [3.8, 4) is 0 Å². The zero-order valence-electron chi connectivity index (χ0n) is 11.1. The fraction of sp³-hybridized carbons (Fsp3) is 0.500. The summed E-state index contributed by atoms with van der Waals surface area (Å²) in [7, 11) is 0. The van der Waals surface area contributed by atoms with Crippen molar-refractivity contribution >= 4 is 17.6 Å². The smallest absolute Gasteiger partial charge is 0.323 e. The highest BCUT2D eigenvalue weighted by Crippen LogP contribution is 2.17.